The standard InChI is InChI=1S/C17H32N2/c1-14(11-18-17(2,3)4)12-19-10-9-15-7-5-6-8-16(15)13-19/h15-16,18H,1,5-13H2,2-4H3. The molecular weight excluding hydrogens is 232 g/mol. The summed E-state index contributed by atoms with van der Waals surface area (Å²) in [5, 5.41) is 3.54. The molecular formula is C17H32N2. The topological polar surface area (TPSA) is 15.3 Å². The lowest BCUT2D eigenvalue weighted by Gasteiger charge is -2.41. The van der Waals surface area contributed by atoms with Crippen molar-refractivity contribution in [2.24, 2.45) is 11.8 Å². The Bertz CT molecular complexity index is 303. The average Bonchev–Trinajstić information content (AvgIpc) is 2.35. The van der Waals surface area contributed by atoms with E-state index in [1.165, 1.54) is 50.8 Å². The predicted molar refractivity (Wildman–Crippen MR) is 83.4 cm³/mol. The first-order chi connectivity index (χ1) is 8.94. The highest BCUT2D eigenvalue weighted by atomic mass is 15.1. The third-order valence-electron chi connectivity index (χ3n) is 4.69. The number of piperidine rings is 1. The van der Waals surface area contributed by atoms with Crippen molar-refractivity contribution in [2.45, 2.75) is 58.4 Å². The molecule has 1 N–H and O–H groups in total. The van der Waals surface area contributed by atoms with Gasteiger partial charge in [-0.25, -0.2) is 0 Å². The van der Waals surface area contributed by atoms with Crippen LogP contribution >= 0.6 is 0 Å². The first kappa shape index (κ1) is 15.1. The van der Waals surface area contributed by atoms with Gasteiger partial charge in [-0.2, -0.15) is 0 Å². The minimum absolute atomic E-state index is 0.194. The Morgan fingerprint density at radius 1 is 1.16 bits per heavy atom. The summed E-state index contributed by atoms with van der Waals surface area (Å²) >= 11 is 0. The van der Waals surface area contributed by atoms with E-state index in [1.807, 2.05) is 0 Å². The van der Waals surface area contributed by atoms with Gasteiger partial charge in [0.05, 0.1) is 0 Å². The summed E-state index contributed by atoms with van der Waals surface area (Å²) in [6.07, 6.45) is 7.31. The molecule has 1 saturated heterocycles. The minimum atomic E-state index is 0.194. The Balaban J connectivity index is 1.72. The molecule has 0 aromatic carbocycles. The summed E-state index contributed by atoms with van der Waals surface area (Å²) in [7, 11) is 0. The van der Waals surface area contributed by atoms with E-state index in [-0.39, 0.29) is 5.54 Å². The van der Waals surface area contributed by atoms with Gasteiger partial charge in [0, 0.05) is 25.2 Å². The molecule has 1 saturated carbocycles. The number of nitrogens with zero attached hydrogens (tertiary/aromatic N) is 1. The van der Waals surface area contributed by atoms with Crippen LogP contribution in [-0.4, -0.2) is 36.6 Å². The Hall–Kier alpha value is -0.340. The zero-order valence-corrected chi connectivity index (χ0v) is 13.2. The second-order valence-electron chi connectivity index (χ2n) is 7.68. The Morgan fingerprint density at radius 2 is 1.84 bits per heavy atom. The number of likely N-dealkylation sites (tertiary alicyclic amines) is 1. The molecule has 0 aromatic heterocycles. The molecule has 2 nitrogen and oxygen atoms in total. The van der Waals surface area contributed by atoms with Crippen molar-refractivity contribution in [1.29, 1.82) is 0 Å². The fourth-order valence-electron chi connectivity index (χ4n) is 3.58. The van der Waals surface area contributed by atoms with E-state index in [2.05, 4.69) is 37.6 Å². The van der Waals surface area contributed by atoms with Crippen LogP contribution in [0.5, 0.6) is 0 Å². The Morgan fingerprint density at radius 3 is 2.53 bits per heavy atom. The first-order valence-electron chi connectivity index (χ1n) is 8.08. The van der Waals surface area contributed by atoms with Gasteiger partial charge in [0.15, 0.2) is 0 Å². The number of nitrogens with one attached hydrogen (secondary N) is 1. The van der Waals surface area contributed by atoms with Gasteiger partial charge in [-0.1, -0.05) is 25.8 Å². The highest BCUT2D eigenvalue weighted by molar-refractivity contribution is 5.02. The molecule has 0 aromatic rings. The number of fused-ring (bicyclic) bond motifs is 1. The molecule has 0 bridgehead atoms. The molecule has 2 unspecified atom stereocenters. The zero-order chi connectivity index (χ0) is 13.9. The summed E-state index contributed by atoms with van der Waals surface area (Å²) in [6.45, 7) is 15.5. The molecule has 1 heterocycles. The molecule has 110 valence electrons. The van der Waals surface area contributed by atoms with Gasteiger partial charge in [-0.15, -0.1) is 0 Å². The molecule has 2 atom stereocenters. The zero-order valence-electron chi connectivity index (χ0n) is 13.2. The van der Waals surface area contributed by atoms with E-state index >= 15 is 0 Å². The maximum Gasteiger partial charge on any atom is 0.0202 e. The third kappa shape index (κ3) is 4.92. The van der Waals surface area contributed by atoms with Crippen LogP contribution in [0.25, 0.3) is 0 Å². The molecule has 1 aliphatic carbocycles. The molecule has 0 amide bonds. The van der Waals surface area contributed by atoms with Crippen molar-refractivity contribution in [3.05, 3.63) is 12.2 Å². The van der Waals surface area contributed by atoms with Gasteiger partial charge in [0.1, 0.15) is 0 Å². The van der Waals surface area contributed by atoms with Crippen LogP contribution in [-0.2, 0) is 0 Å². The average molecular weight is 264 g/mol. The quantitative estimate of drug-likeness (QED) is 0.783. The van der Waals surface area contributed by atoms with Gasteiger partial charge in [0.2, 0.25) is 0 Å². The highest BCUT2D eigenvalue weighted by Crippen LogP contribution is 2.36. The fraction of sp³-hybridized carbons (Fsp3) is 0.882. The predicted octanol–water partition coefficient (Wildman–Crippen LogP) is 3.44. The summed E-state index contributed by atoms with van der Waals surface area (Å²) in [5.74, 6) is 2.01. The molecule has 2 heteroatoms. The van der Waals surface area contributed by atoms with Crippen molar-refractivity contribution in [3.63, 3.8) is 0 Å². The van der Waals surface area contributed by atoms with Crippen LogP contribution in [0.1, 0.15) is 52.9 Å². The van der Waals surface area contributed by atoms with Gasteiger partial charge in [-0.3, -0.25) is 4.90 Å². The normalized spacial score (nSPS) is 29.0. The number of rotatable bonds is 4. The molecule has 0 spiro atoms. The van der Waals surface area contributed by atoms with Crippen molar-refractivity contribution in [3.8, 4) is 0 Å². The number of hydrogen-bond acceptors (Lipinski definition) is 2. The molecule has 1 aliphatic heterocycles. The summed E-state index contributed by atoms with van der Waals surface area (Å²) in [4.78, 5) is 2.64. The minimum Gasteiger partial charge on any atom is -0.308 e. The van der Waals surface area contributed by atoms with Crippen molar-refractivity contribution in [1.82, 2.24) is 10.2 Å². The van der Waals surface area contributed by atoms with E-state index in [0.29, 0.717) is 0 Å². The van der Waals surface area contributed by atoms with E-state index in [0.717, 1.165) is 24.9 Å². The van der Waals surface area contributed by atoms with Crippen LogP contribution in [0, 0.1) is 11.8 Å². The lowest BCUT2D eigenvalue weighted by molar-refractivity contribution is 0.0930. The van der Waals surface area contributed by atoms with Crippen LogP contribution in [0.3, 0.4) is 0 Å². The lowest BCUT2D eigenvalue weighted by Crippen LogP contribution is -2.44. The molecule has 2 fully saturated rings. The molecule has 2 aliphatic rings. The van der Waals surface area contributed by atoms with Crippen LogP contribution in [0.2, 0.25) is 0 Å². The highest BCUT2D eigenvalue weighted by Gasteiger charge is 2.30. The van der Waals surface area contributed by atoms with Crippen LogP contribution in [0.4, 0.5) is 0 Å². The third-order valence-corrected chi connectivity index (χ3v) is 4.69. The monoisotopic (exact) mass is 264 g/mol. The first-order valence-corrected chi connectivity index (χ1v) is 8.08. The van der Waals surface area contributed by atoms with Crippen molar-refractivity contribution < 1.29 is 0 Å². The fourth-order valence-corrected chi connectivity index (χ4v) is 3.58. The summed E-state index contributed by atoms with van der Waals surface area (Å²) in [6, 6.07) is 0. The smallest absolute Gasteiger partial charge is 0.0202 e. The second-order valence-corrected chi connectivity index (χ2v) is 7.68. The maximum atomic E-state index is 4.25. The van der Waals surface area contributed by atoms with Crippen molar-refractivity contribution in [2.75, 3.05) is 26.2 Å². The molecule has 2 rings (SSSR count). The lowest BCUT2D eigenvalue weighted by atomic mass is 9.75. The second kappa shape index (κ2) is 6.41. The van der Waals surface area contributed by atoms with Gasteiger partial charge >= 0.3 is 0 Å². The van der Waals surface area contributed by atoms with Crippen LogP contribution in [0.15, 0.2) is 12.2 Å². The SMILES string of the molecule is C=C(CNC(C)(C)C)CN1CCC2CCCCC2C1. The van der Waals surface area contributed by atoms with Gasteiger partial charge < -0.3 is 5.32 Å². The number of hydrogen-bond donors (Lipinski definition) is 1. The molecule has 0 radical (unpaired) electrons. The van der Waals surface area contributed by atoms with E-state index in [4.69, 9.17) is 0 Å². The summed E-state index contributed by atoms with van der Waals surface area (Å²) in [5.41, 5.74) is 1.53. The van der Waals surface area contributed by atoms with Crippen LogP contribution < -0.4 is 5.32 Å². The maximum absolute atomic E-state index is 4.25. The van der Waals surface area contributed by atoms with Crippen molar-refractivity contribution >= 4 is 0 Å². The van der Waals surface area contributed by atoms with Gasteiger partial charge in [0.25, 0.3) is 0 Å². The largest absolute Gasteiger partial charge is 0.308 e. The van der Waals surface area contributed by atoms with E-state index < -0.39 is 0 Å². The Labute approximate surface area is 119 Å². The van der Waals surface area contributed by atoms with E-state index in [1.54, 1.807) is 0 Å². The van der Waals surface area contributed by atoms with E-state index in [9.17, 15) is 0 Å². The van der Waals surface area contributed by atoms with Gasteiger partial charge in [-0.05, 0) is 57.6 Å². The molecule has 19 heavy (non-hydrogen) atoms. The Kier molecular flexibility index (Phi) is 5.08. The summed E-state index contributed by atoms with van der Waals surface area (Å²) < 4.78 is 0.